The number of carboxylic acid groups (broad SMARTS) is 1. The number of anilines is 1. The Balaban J connectivity index is 2.05. The molecule has 2 aromatic heterocycles. The van der Waals surface area contributed by atoms with Crippen LogP contribution in [0.2, 0.25) is 0 Å². The molecule has 0 saturated carbocycles. The number of nitrogens with zero attached hydrogens (tertiary/aromatic N) is 3. The summed E-state index contributed by atoms with van der Waals surface area (Å²) in [7, 11) is 0. The number of aromatic carboxylic acids is 1. The van der Waals surface area contributed by atoms with E-state index < -0.39 is 5.97 Å². The van der Waals surface area contributed by atoms with Crippen molar-refractivity contribution in [2.45, 2.75) is 46.1 Å². The number of rotatable bonds is 7. The fourth-order valence-electron chi connectivity index (χ4n) is 3.23. The summed E-state index contributed by atoms with van der Waals surface area (Å²) in [6.45, 7) is 6.13. The number of imidazole rings is 2. The number of aromatic amines is 1. The molecule has 0 aliphatic rings. The number of aryl methyl sites for hydroxylation is 1. The van der Waals surface area contributed by atoms with E-state index in [0.29, 0.717) is 11.5 Å². The Morgan fingerprint density at radius 1 is 1.25 bits per heavy atom. The van der Waals surface area contributed by atoms with Crippen LogP contribution in [0.5, 0.6) is 0 Å². The van der Waals surface area contributed by atoms with Crippen molar-refractivity contribution in [2.24, 2.45) is 0 Å². The molecule has 1 amide bonds. The van der Waals surface area contributed by atoms with E-state index in [1.165, 1.54) is 6.07 Å². The van der Waals surface area contributed by atoms with E-state index in [2.05, 4.69) is 56.7 Å². The van der Waals surface area contributed by atoms with E-state index in [0.717, 1.165) is 34.2 Å². The number of carbonyl (C=O) groups is 2. The molecule has 3 aromatic rings. The van der Waals surface area contributed by atoms with Crippen molar-refractivity contribution in [3.05, 3.63) is 39.0 Å². The van der Waals surface area contributed by atoms with Crippen molar-refractivity contribution in [1.82, 2.24) is 19.5 Å². The second-order valence-corrected chi connectivity index (χ2v) is 7.47. The van der Waals surface area contributed by atoms with Crippen LogP contribution in [-0.4, -0.2) is 36.5 Å². The van der Waals surface area contributed by atoms with Crippen molar-refractivity contribution in [1.29, 1.82) is 0 Å². The molecule has 0 radical (unpaired) electrons. The zero-order chi connectivity index (χ0) is 20.4. The third-order valence-electron chi connectivity index (χ3n) is 4.77. The molecule has 3 rings (SSSR count). The van der Waals surface area contributed by atoms with Gasteiger partial charge in [-0.15, -0.1) is 0 Å². The summed E-state index contributed by atoms with van der Waals surface area (Å²) in [5.41, 5.74) is 2.39. The number of halogens is 1. The van der Waals surface area contributed by atoms with Crippen LogP contribution in [0, 0.1) is 3.70 Å². The molecule has 0 bridgehead atoms. The fraction of sp³-hybridized carbons (Fsp3) is 0.368. The number of carboxylic acids is 1. The monoisotopic (exact) mass is 495 g/mol. The van der Waals surface area contributed by atoms with Crippen LogP contribution in [0.3, 0.4) is 0 Å². The van der Waals surface area contributed by atoms with E-state index >= 15 is 0 Å². The number of benzene rings is 1. The quantitative estimate of drug-likeness (QED) is 0.425. The lowest BCUT2D eigenvalue weighted by Crippen LogP contribution is -2.19. The van der Waals surface area contributed by atoms with Gasteiger partial charge >= 0.3 is 5.97 Å². The van der Waals surface area contributed by atoms with E-state index in [1.807, 2.05) is 11.5 Å². The molecule has 3 N–H and O–H groups in total. The van der Waals surface area contributed by atoms with Crippen LogP contribution in [0.25, 0.3) is 11.0 Å². The smallest absolute Gasteiger partial charge is 0.335 e. The number of carbonyl (C=O) groups excluding carboxylic acids is 1. The number of aromatic nitrogens is 4. The van der Waals surface area contributed by atoms with Gasteiger partial charge in [0.15, 0.2) is 5.82 Å². The van der Waals surface area contributed by atoms with Gasteiger partial charge in [-0.2, -0.15) is 0 Å². The molecule has 148 valence electrons. The standard InChI is InChI=1S/C19H22IN5O3/c1-4-11(5-2)25-14-8-7-10(18(27)28)9-13(14)22-19(25)24-17(26)16-21-12(6-3)15(20)23-16/h7-9,11H,4-6H2,1-3H3,(H,21,23)(H,27,28)(H,22,24,26). The van der Waals surface area contributed by atoms with Crippen molar-refractivity contribution in [3.8, 4) is 0 Å². The number of amides is 1. The molecule has 9 heteroatoms. The van der Waals surface area contributed by atoms with E-state index in [1.54, 1.807) is 12.1 Å². The maximum absolute atomic E-state index is 12.7. The Hall–Kier alpha value is -2.43. The Morgan fingerprint density at radius 3 is 2.54 bits per heavy atom. The molecular formula is C19H22IN5O3. The lowest BCUT2D eigenvalue weighted by molar-refractivity contribution is 0.0696. The molecule has 0 aliphatic heterocycles. The zero-order valence-electron chi connectivity index (χ0n) is 15.9. The van der Waals surface area contributed by atoms with Crippen LogP contribution >= 0.6 is 22.6 Å². The topological polar surface area (TPSA) is 113 Å². The molecule has 0 fully saturated rings. The second kappa shape index (κ2) is 8.29. The summed E-state index contributed by atoms with van der Waals surface area (Å²) in [6.07, 6.45) is 2.46. The minimum absolute atomic E-state index is 0.124. The number of fused-ring (bicyclic) bond motifs is 1. The van der Waals surface area contributed by atoms with Crippen LogP contribution in [0.15, 0.2) is 18.2 Å². The summed E-state index contributed by atoms with van der Waals surface area (Å²) >= 11 is 2.10. The van der Waals surface area contributed by atoms with Crippen molar-refractivity contribution < 1.29 is 14.7 Å². The second-order valence-electron chi connectivity index (χ2n) is 6.45. The molecule has 0 spiro atoms. The van der Waals surface area contributed by atoms with Gasteiger partial charge in [0.25, 0.3) is 5.91 Å². The molecule has 1 aromatic carbocycles. The third-order valence-corrected chi connectivity index (χ3v) is 5.66. The maximum atomic E-state index is 12.7. The predicted molar refractivity (Wildman–Crippen MR) is 115 cm³/mol. The van der Waals surface area contributed by atoms with Crippen LogP contribution in [0.1, 0.15) is 66.3 Å². The average Bonchev–Trinajstić information content (AvgIpc) is 3.22. The van der Waals surface area contributed by atoms with Gasteiger partial charge < -0.3 is 14.7 Å². The summed E-state index contributed by atoms with van der Waals surface area (Å²) in [4.78, 5) is 35.9. The molecule has 0 atom stereocenters. The lowest BCUT2D eigenvalue weighted by atomic mass is 10.1. The van der Waals surface area contributed by atoms with Gasteiger partial charge in [-0.05, 0) is 60.1 Å². The summed E-state index contributed by atoms with van der Waals surface area (Å²) in [5.74, 6) is -0.767. The van der Waals surface area contributed by atoms with Crippen molar-refractivity contribution >= 4 is 51.4 Å². The molecule has 28 heavy (non-hydrogen) atoms. The number of H-pyrrole nitrogens is 1. The van der Waals surface area contributed by atoms with Crippen molar-refractivity contribution in [2.75, 3.05) is 5.32 Å². The van der Waals surface area contributed by atoms with Gasteiger partial charge in [0.05, 0.1) is 16.6 Å². The molecule has 0 aliphatic carbocycles. The van der Waals surface area contributed by atoms with Crippen LogP contribution < -0.4 is 5.32 Å². The van der Waals surface area contributed by atoms with Gasteiger partial charge in [0.2, 0.25) is 5.95 Å². The number of nitrogens with one attached hydrogen (secondary N) is 2. The number of hydrogen-bond acceptors (Lipinski definition) is 4. The molecule has 2 heterocycles. The van der Waals surface area contributed by atoms with E-state index in [4.69, 9.17) is 0 Å². The SMILES string of the molecule is CCc1[nH]c(C(=O)Nc2nc3cc(C(=O)O)ccc3n2C(CC)CC)nc1I. The van der Waals surface area contributed by atoms with E-state index in [-0.39, 0.29) is 23.3 Å². The summed E-state index contributed by atoms with van der Waals surface area (Å²) in [5, 5.41) is 12.1. The van der Waals surface area contributed by atoms with Crippen LogP contribution in [-0.2, 0) is 6.42 Å². The Labute approximate surface area is 175 Å². The average molecular weight is 495 g/mol. The van der Waals surface area contributed by atoms with Gasteiger partial charge in [-0.3, -0.25) is 10.1 Å². The number of hydrogen-bond donors (Lipinski definition) is 3. The fourth-order valence-corrected chi connectivity index (χ4v) is 3.99. The third kappa shape index (κ3) is 3.75. The molecule has 0 saturated heterocycles. The van der Waals surface area contributed by atoms with Gasteiger partial charge in [0, 0.05) is 11.7 Å². The van der Waals surface area contributed by atoms with Crippen LogP contribution in [0.4, 0.5) is 5.95 Å². The predicted octanol–water partition coefficient (Wildman–Crippen LogP) is 4.24. The Morgan fingerprint density at radius 2 is 1.96 bits per heavy atom. The maximum Gasteiger partial charge on any atom is 0.335 e. The van der Waals surface area contributed by atoms with Crippen molar-refractivity contribution in [3.63, 3.8) is 0 Å². The van der Waals surface area contributed by atoms with Gasteiger partial charge in [-0.25, -0.2) is 14.8 Å². The highest BCUT2D eigenvalue weighted by Crippen LogP contribution is 2.29. The zero-order valence-corrected chi connectivity index (χ0v) is 18.1. The highest BCUT2D eigenvalue weighted by Gasteiger charge is 2.21. The first kappa shape index (κ1) is 20.3. The minimum Gasteiger partial charge on any atom is -0.478 e. The highest BCUT2D eigenvalue weighted by molar-refractivity contribution is 14.1. The summed E-state index contributed by atoms with van der Waals surface area (Å²) < 4.78 is 2.73. The normalized spacial score (nSPS) is 11.3. The molecule has 0 unspecified atom stereocenters. The molecular weight excluding hydrogens is 473 g/mol. The van der Waals surface area contributed by atoms with E-state index in [9.17, 15) is 14.7 Å². The lowest BCUT2D eigenvalue weighted by Gasteiger charge is -2.18. The minimum atomic E-state index is -1.01. The Kier molecular flexibility index (Phi) is 6.01. The largest absolute Gasteiger partial charge is 0.478 e. The van der Waals surface area contributed by atoms with Gasteiger partial charge in [0.1, 0.15) is 3.70 Å². The Bertz CT molecular complexity index is 1040. The molecule has 8 nitrogen and oxygen atoms in total. The van der Waals surface area contributed by atoms with Gasteiger partial charge in [-0.1, -0.05) is 20.8 Å². The first-order valence-electron chi connectivity index (χ1n) is 9.20. The first-order chi connectivity index (χ1) is 13.4. The summed E-state index contributed by atoms with van der Waals surface area (Å²) in [6, 6.07) is 4.94. The highest BCUT2D eigenvalue weighted by atomic mass is 127. The first-order valence-corrected chi connectivity index (χ1v) is 10.3.